The van der Waals surface area contributed by atoms with Crippen molar-refractivity contribution in [1.29, 1.82) is 0 Å². The topological polar surface area (TPSA) is 55.4 Å². The predicted molar refractivity (Wildman–Crippen MR) is 66.8 cm³/mol. The third kappa shape index (κ3) is 4.95. The van der Waals surface area contributed by atoms with Gasteiger partial charge in [-0.2, -0.15) is 0 Å². The Morgan fingerprint density at radius 2 is 2.00 bits per heavy atom. The summed E-state index contributed by atoms with van der Waals surface area (Å²) in [6, 6.07) is 6.81. The van der Waals surface area contributed by atoms with E-state index in [-0.39, 0.29) is 15.6 Å². The minimum absolute atomic E-state index is 0.0601. The number of hydrogen-bond acceptors (Lipinski definition) is 3. The number of nitrogens with one attached hydrogen (secondary N) is 1. The summed E-state index contributed by atoms with van der Waals surface area (Å²) < 4.78 is 5.55. The molecule has 4 nitrogen and oxygen atoms in total. The molecule has 0 saturated carbocycles. The van der Waals surface area contributed by atoms with Gasteiger partial charge in [-0.25, -0.2) is 0 Å². The summed E-state index contributed by atoms with van der Waals surface area (Å²) in [5.74, 6) is 0.594. The number of hydrogen-bond donors (Lipinski definition) is 1. The maximum atomic E-state index is 11.6. The summed E-state index contributed by atoms with van der Waals surface area (Å²) in [5, 5.41) is 2.72. The molecule has 0 spiro atoms. The molecule has 0 aliphatic heterocycles. The zero-order chi connectivity index (χ0) is 12.7. The van der Waals surface area contributed by atoms with Crippen molar-refractivity contribution in [3.05, 3.63) is 29.8 Å². The molecule has 1 aromatic carbocycles. The van der Waals surface area contributed by atoms with Crippen molar-refractivity contribution in [2.45, 2.75) is 0 Å². The zero-order valence-corrected chi connectivity index (χ0v) is 12.9. The number of methoxy groups -OCH3 is 1. The molecule has 17 heavy (non-hydrogen) atoms. The third-order valence-electron chi connectivity index (χ3n) is 2.01. The van der Waals surface area contributed by atoms with Gasteiger partial charge in [0.1, 0.15) is 0 Å². The number of ether oxygens (including phenoxy) is 1. The van der Waals surface area contributed by atoms with Gasteiger partial charge in [-0.1, -0.05) is 0 Å². The van der Waals surface area contributed by atoms with Gasteiger partial charge < -0.3 is 0 Å². The van der Waals surface area contributed by atoms with Crippen molar-refractivity contribution in [2.75, 3.05) is 17.6 Å². The Balaban J connectivity index is 2.44. The first-order valence-corrected chi connectivity index (χ1v) is 8.90. The summed E-state index contributed by atoms with van der Waals surface area (Å²) >= 11 is 4.16. The molecule has 0 heterocycles. The van der Waals surface area contributed by atoms with Crippen LogP contribution in [-0.2, 0) is 4.79 Å². The molecule has 0 fully saturated rings. The van der Waals surface area contributed by atoms with E-state index in [0.717, 1.165) is 0 Å². The van der Waals surface area contributed by atoms with Gasteiger partial charge in [0.15, 0.2) is 0 Å². The van der Waals surface area contributed by atoms with E-state index < -0.39 is 21.1 Å². The van der Waals surface area contributed by atoms with E-state index in [4.69, 9.17) is 16.3 Å². The number of halogens is 1. The fourth-order valence-corrected chi connectivity index (χ4v) is 3.29. The van der Waals surface area contributed by atoms with E-state index in [1.165, 1.54) is 0 Å². The minimum atomic E-state index is -1.22. The first kappa shape index (κ1) is 14.3. The van der Waals surface area contributed by atoms with Crippen LogP contribution in [0.5, 0.6) is 5.75 Å². The Morgan fingerprint density at radius 1 is 1.35 bits per heavy atom. The van der Waals surface area contributed by atoms with Crippen LogP contribution in [-0.4, -0.2) is 48.4 Å². The van der Waals surface area contributed by atoms with Gasteiger partial charge in [-0.15, -0.1) is 0 Å². The van der Waals surface area contributed by atoms with E-state index in [2.05, 4.69) is 5.32 Å². The summed E-state index contributed by atoms with van der Waals surface area (Å²) in [7, 11) is 1.57. The van der Waals surface area contributed by atoms with Crippen molar-refractivity contribution < 1.29 is 14.3 Å². The standard InChI is InChI=1S/C9H10NO2.C2H2ClO.Sn/c1-10-9(11)7-3-5-8(12-2)6-4-7;3-1-2-4;/h3-6H,1H2,2H3,(H,10,11);1H2;. The Kier molecular flexibility index (Phi) is 6.36. The van der Waals surface area contributed by atoms with E-state index in [1.54, 1.807) is 31.4 Å². The van der Waals surface area contributed by atoms with Crippen LogP contribution in [0.3, 0.4) is 0 Å². The third-order valence-corrected chi connectivity index (χ3v) is 5.53. The number of alkyl halides is 1. The average Bonchev–Trinajstić information content (AvgIpc) is 2.38. The SMILES string of the molecule is COc1ccc(C(=O)N[CH2][Sn][C](=O)CCl)cc1. The molecule has 0 unspecified atom stereocenters. The van der Waals surface area contributed by atoms with Crippen LogP contribution in [0.25, 0.3) is 0 Å². The molecular weight excluding hydrogens is 348 g/mol. The van der Waals surface area contributed by atoms with Crippen molar-refractivity contribution in [3.63, 3.8) is 0 Å². The molecule has 1 rings (SSSR count). The van der Waals surface area contributed by atoms with Crippen LogP contribution in [0, 0.1) is 0 Å². The molecule has 1 amide bonds. The van der Waals surface area contributed by atoms with Crippen LogP contribution < -0.4 is 10.1 Å². The molecule has 1 N–H and O–H groups in total. The van der Waals surface area contributed by atoms with E-state index in [0.29, 0.717) is 15.9 Å². The normalized spacial score (nSPS) is 9.76. The fraction of sp³-hybridized carbons (Fsp3) is 0.273. The van der Waals surface area contributed by atoms with Crippen LogP contribution in [0.2, 0.25) is 0 Å². The molecule has 0 saturated heterocycles. The molecule has 0 aromatic heterocycles. The van der Waals surface area contributed by atoms with Crippen LogP contribution in [0.15, 0.2) is 24.3 Å². The zero-order valence-electron chi connectivity index (χ0n) is 9.33. The summed E-state index contributed by atoms with van der Waals surface area (Å²) in [6.07, 6.45) is 0. The van der Waals surface area contributed by atoms with E-state index in [1.807, 2.05) is 0 Å². The Bertz CT molecular complexity index is 394. The van der Waals surface area contributed by atoms with Gasteiger partial charge in [0.2, 0.25) is 0 Å². The molecular formula is C11H12ClNO3Sn. The number of carbonyl (C=O) groups excluding carboxylic acids is 2. The number of rotatable bonds is 6. The second-order valence-electron chi connectivity index (χ2n) is 3.14. The van der Waals surface area contributed by atoms with Gasteiger partial charge >= 0.3 is 115 Å². The van der Waals surface area contributed by atoms with Crippen molar-refractivity contribution in [2.24, 2.45) is 0 Å². The van der Waals surface area contributed by atoms with Gasteiger partial charge in [-0.05, 0) is 0 Å². The molecule has 2 radical (unpaired) electrons. The summed E-state index contributed by atoms with van der Waals surface area (Å²) in [5.41, 5.74) is 0.559. The Morgan fingerprint density at radius 3 is 2.53 bits per heavy atom. The number of carbonyl (C=O) groups is 2. The number of benzene rings is 1. The Labute approximate surface area is 115 Å². The number of amides is 1. The van der Waals surface area contributed by atoms with Crippen LogP contribution in [0.1, 0.15) is 10.4 Å². The van der Waals surface area contributed by atoms with Crippen LogP contribution >= 0.6 is 11.6 Å². The van der Waals surface area contributed by atoms with E-state index >= 15 is 0 Å². The van der Waals surface area contributed by atoms with Crippen molar-refractivity contribution in [3.8, 4) is 5.75 Å². The predicted octanol–water partition coefficient (Wildman–Crippen LogP) is 0.852. The molecule has 90 valence electrons. The fourth-order valence-electron chi connectivity index (χ4n) is 1.11. The molecule has 6 heteroatoms. The monoisotopic (exact) mass is 361 g/mol. The first-order valence-electron chi connectivity index (χ1n) is 4.92. The quantitative estimate of drug-likeness (QED) is 0.605. The average molecular weight is 360 g/mol. The van der Waals surface area contributed by atoms with Crippen molar-refractivity contribution >= 4 is 42.4 Å². The van der Waals surface area contributed by atoms with Gasteiger partial charge in [0, 0.05) is 0 Å². The molecule has 0 atom stereocenters. The van der Waals surface area contributed by atoms with Crippen molar-refractivity contribution in [1.82, 2.24) is 5.32 Å². The summed E-state index contributed by atoms with van der Waals surface area (Å²) in [4.78, 5) is 22.6. The van der Waals surface area contributed by atoms with Gasteiger partial charge in [-0.3, -0.25) is 0 Å². The molecule has 0 aliphatic carbocycles. The second kappa shape index (κ2) is 7.55. The van der Waals surface area contributed by atoms with Crippen LogP contribution in [0.4, 0.5) is 0 Å². The molecule has 0 aliphatic rings. The van der Waals surface area contributed by atoms with Gasteiger partial charge in [0.25, 0.3) is 0 Å². The maximum absolute atomic E-state index is 11.6. The molecule has 0 bridgehead atoms. The molecule has 1 aromatic rings. The second-order valence-corrected chi connectivity index (χ2v) is 7.02. The Hall–Kier alpha value is -0.751. The first-order chi connectivity index (χ1) is 8.17. The van der Waals surface area contributed by atoms with E-state index in [9.17, 15) is 9.59 Å². The summed E-state index contributed by atoms with van der Waals surface area (Å²) in [6.45, 7) is 0. The van der Waals surface area contributed by atoms with Gasteiger partial charge in [0.05, 0.1) is 0 Å².